The first-order valence-electron chi connectivity index (χ1n) is 7.27. The monoisotopic (exact) mass is 303 g/mol. The highest BCUT2D eigenvalue weighted by molar-refractivity contribution is 5.92. The van der Waals surface area contributed by atoms with E-state index in [1.165, 1.54) is 12.1 Å². The average Bonchev–Trinajstić information content (AvgIpc) is 2.96. The Hall–Kier alpha value is -2.21. The van der Waals surface area contributed by atoms with Gasteiger partial charge in [-0.05, 0) is 38.1 Å². The number of rotatable bonds is 2. The van der Waals surface area contributed by atoms with Crippen LogP contribution in [0.5, 0.6) is 0 Å². The van der Waals surface area contributed by atoms with Gasteiger partial charge in [0.25, 0.3) is 5.91 Å². The largest absolute Gasteiger partial charge is 0.372 e. The van der Waals surface area contributed by atoms with E-state index in [-0.39, 0.29) is 23.9 Å². The first-order chi connectivity index (χ1) is 10.5. The summed E-state index contributed by atoms with van der Waals surface area (Å²) in [5.74, 6) is -0.403. The summed E-state index contributed by atoms with van der Waals surface area (Å²) in [7, 11) is 0. The lowest BCUT2D eigenvalue weighted by atomic mass is 10.2. The minimum Gasteiger partial charge on any atom is -0.372 e. The molecule has 0 spiro atoms. The summed E-state index contributed by atoms with van der Waals surface area (Å²) in [5, 5.41) is 0. The van der Waals surface area contributed by atoms with Crippen LogP contribution in [0.1, 0.15) is 24.3 Å². The molecule has 22 heavy (non-hydrogen) atoms. The van der Waals surface area contributed by atoms with Gasteiger partial charge in [0.2, 0.25) is 0 Å². The Morgan fingerprint density at radius 2 is 1.86 bits per heavy atom. The number of nitrogens with zero attached hydrogens (tertiary/aromatic N) is 3. The van der Waals surface area contributed by atoms with Gasteiger partial charge < -0.3 is 14.2 Å². The molecule has 0 bridgehead atoms. The van der Waals surface area contributed by atoms with E-state index in [4.69, 9.17) is 4.74 Å². The molecule has 0 saturated carbocycles. The lowest BCUT2D eigenvalue weighted by molar-refractivity contribution is -0.0587. The third kappa shape index (κ3) is 3.01. The van der Waals surface area contributed by atoms with E-state index < -0.39 is 0 Å². The summed E-state index contributed by atoms with van der Waals surface area (Å²) >= 11 is 0. The lowest BCUT2D eigenvalue weighted by Crippen LogP contribution is -2.48. The number of amides is 1. The van der Waals surface area contributed by atoms with E-state index in [1.807, 2.05) is 13.8 Å². The quantitative estimate of drug-likeness (QED) is 0.855. The van der Waals surface area contributed by atoms with Crippen molar-refractivity contribution in [2.75, 3.05) is 13.1 Å². The summed E-state index contributed by atoms with van der Waals surface area (Å²) in [4.78, 5) is 18.5. The fraction of sp³-hybridized carbons (Fsp3) is 0.375. The van der Waals surface area contributed by atoms with Crippen LogP contribution in [0.2, 0.25) is 0 Å². The lowest BCUT2D eigenvalue weighted by Gasteiger charge is -2.34. The molecule has 0 unspecified atom stereocenters. The van der Waals surface area contributed by atoms with E-state index in [9.17, 15) is 9.18 Å². The third-order valence-corrected chi connectivity index (χ3v) is 3.63. The molecule has 0 aliphatic carbocycles. The fourth-order valence-electron chi connectivity index (χ4n) is 2.69. The molecule has 3 rings (SSSR count). The van der Waals surface area contributed by atoms with E-state index in [2.05, 4.69) is 4.98 Å². The summed E-state index contributed by atoms with van der Waals surface area (Å²) in [6, 6.07) is 6.04. The topological polar surface area (TPSA) is 47.4 Å². The summed E-state index contributed by atoms with van der Waals surface area (Å²) in [6.07, 6.45) is 3.27. The Labute approximate surface area is 128 Å². The van der Waals surface area contributed by atoms with Crippen molar-refractivity contribution in [2.24, 2.45) is 0 Å². The SMILES string of the molecule is C[C@@H]1CN(C(=O)c2cn(-c3ccc(F)cc3)cn2)C[C@H](C)O1. The van der Waals surface area contributed by atoms with Gasteiger partial charge in [0.05, 0.1) is 12.2 Å². The van der Waals surface area contributed by atoms with Crippen LogP contribution in [0.25, 0.3) is 5.69 Å². The summed E-state index contributed by atoms with van der Waals surface area (Å²) in [5.41, 5.74) is 1.14. The number of morpholine rings is 1. The molecule has 1 saturated heterocycles. The van der Waals surface area contributed by atoms with E-state index >= 15 is 0 Å². The van der Waals surface area contributed by atoms with Crippen LogP contribution < -0.4 is 0 Å². The van der Waals surface area contributed by atoms with Crippen LogP contribution >= 0.6 is 0 Å². The molecule has 1 amide bonds. The van der Waals surface area contributed by atoms with Crippen molar-refractivity contribution in [2.45, 2.75) is 26.1 Å². The van der Waals surface area contributed by atoms with Crippen LogP contribution in [-0.4, -0.2) is 45.7 Å². The predicted molar refractivity (Wildman–Crippen MR) is 79.4 cm³/mol. The van der Waals surface area contributed by atoms with Gasteiger partial charge in [0.15, 0.2) is 0 Å². The van der Waals surface area contributed by atoms with Gasteiger partial charge in [-0.25, -0.2) is 9.37 Å². The molecule has 6 heteroatoms. The van der Waals surface area contributed by atoms with Gasteiger partial charge >= 0.3 is 0 Å². The predicted octanol–water partition coefficient (Wildman–Crippen LogP) is 2.26. The number of aromatic nitrogens is 2. The van der Waals surface area contributed by atoms with Crippen LogP contribution in [0.3, 0.4) is 0 Å². The number of halogens is 1. The maximum Gasteiger partial charge on any atom is 0.274 e. The standard InChI is InChI=1S/C16H18FN3O2/c1-11-7-19(8-12(2)22-11)16(21)15-9-20(10-18-15)14-5-3-13(17)4-6-14/h3-6,9-12H,7-8H2,1-2H3/t11-,12+. The van der Waals surface area contributed by atoms with Gasteiger partial charge in [-0.1, -0.05) is 0 Å². The molecule has 5 nitrogen and oxygen atoms in total. The zero-order chi connectivity index (χ0) is 15.7. The van der Waals surface area contributed by atoms with Crippen molar-refractivity contribution in [1.29, 1.82) is 0 Å². The molecule has 1 aromatic carbocycles. The van der Waals surface area contributed by atoms with Crippen molar-refractivity contribution < 1.29 is 13.9 Å². The van der Waals surface area contributed by atoms with E-state index in [0.29, 0.717) is 18.8 Å². The molecule has 2 aromatic rings. The smallest absolute Gasteiger partial charge is 0.274 e. The minimum atomic E-state index is -0.295. The van der Waals surface area contributed by atoms with Gasteiger partial charge in [-0.2, -0.15) is 0 Å². The molecule has 2 heterocycles. The molecule has 0 N–H and O–H groups in total. The highest BCUT2D eigenvalue weighted by Crippen LogP contribution is 2.15. The van der Waals surface area contributed by atoms with E-state index in [1.54, 1.807) is 34.1 Å². The van der Waals surface area contributed by atoms with Crippen molar-refractivity contribution in [3.05, 3.63) is 48.3 Å². The molecular formula is C16H18FN3O2. The number of imidazole rings is 1. The molecule has 1 aliphatic rings. The zero-order valence-electron chi connectivity index (χ0n) is 12.6. The van der Waals surface area contributed by atoms with Crippen LogP contribution in [-0.2, 0) is 4.74 Å². The number of hydrogen-bond donors (Lipinski definition) is 0. The molecule has 0 radical (unpaired) electrons. The summed E-state index contributed by atoms with van der Waals surface area (Å²) < 4.78 is 20.3. The Bertz CT molecular complexity index is 658. The zero-order valence-corrected chi connectivity index (χ0v) is 12.6. The Balaban J connectivity index is 1.78. The number of hydrogen-bond acceptors (Lipinski definition) is 3. The highest BCUT2D eigenvalue weighted by Gasteiger charge is 2.27. The minimum absolute atomic E-state index is 0.0203. The molecule has 1 fully saturated rings. The number of carbonyl (C=O) groups excluding carboxylic acids is 1. The van der Waals surface area contributed by atoms with Crippen molar-refractivity contribution in [1.82, 2.24) is 14.5 Å². The second kappa shape index (κ2) is 5.88. The number of carbonyl (C=O) groups is 1. The van der Waals surface area contributed by atoms with Gasteiger partial charge in [-0.3, -0.25) is 4.79 Å². The number of benzene rings is 1. The fourth-order valence-corrected chi connectivity index (χ4v) is 2.69. The average molecular weight is 303 g/mol. The Morgan fingerprint density at radius 1 is 1.23 bits per heavy atom. The van der Waals surface area contributed by atoms with E-state index in [0.717, 1.165) is 5.69 Å². The maximum absolute atomic E-state index is 13.0. The molecule has 2 atom stereocenters. The molecule has 1 aromatic heterocycles. The van der Waals surface area contributed by atoms with Crippen LogP contribution in [0.15, 0.2) is 36.8 Å². The Kier molecular flexibility index (Phi) is 3.94. The van der Waals surface area contributed by atoms with Crippen molar-refractivity contribution in [3.8, 4) is 5.69 Å². The van der Waals surface area contributed by atoms with Crippen molar-refractivity contribution in [3.63, 3.8) is 0 Å². The van der Waals surface area contributed by atoms with Gasteiger partial charge in [0, 0.05) is 25.0 Å². The van der Waals surface area contributed by atoms with Gasteiger partial charge in [-0.15, -0.1) is 0 Å². The normalized spacial score (nSPS) is 21.9. The molecular weight excluding hydrogens is 285 g/mol. The second-order valence-electron chi connectivity index (χ2n) is 5.61. The van der Waals surface area contributed by atoms with Crippen LogP contribution in [0, 0.1) is 5.82 Å². The van der Waals surface area contributed by atoms with Crippen LogP contribution in [0.4, 0.5) is 4.39 Å². The maximum atomic E-state index is 13.0. The number of ether oxygens (including phenoxy) is 1. The molecule has 1 aliphatic heterocycles. The Morgan fingerprint density at radius 3 is 2.50 bits per heavy atom. The van der Waals surface area contributed by atoms with Crippen molar-refractivity contribution >= 4 is 5.91 Å². The first-order valence-corrected chi connectivity index (χ1v) is 7.27. The van der Waals surface area contributed by atoms with Gasteiger partial charge in [0.1, 0.15) is 17.8 Å². The second-order valence-corrected chi connectivity index (χ2v) is 5.61. The highest BCUT2D eigenvalue weighted by atomic mass is 19.1. The summed E-state index contributed by atoms with van der Waals surface area (Å²) in [6.45, 7) is 5.03. The molecule has 116 valence electrons. The third-order valence-electron chi connectivity index (χ3n) is 3.63. The first kappa shape index (κ1) is 14.7.